The van der Waals surface area contributed by atoms with E-state index < -0.39 is 0 Å². The minimum Gasteiger partial charge on any atom is -0.211 e. The van der Waals surface area contributed by atoms with E-state index in [0.717, 1.165) is 4.48 Å². The van der Waals surface area contributed by atoms with E-state index in [0.29, 0.717) is 6.42 Å². The lowest BCUT2D eigenvalue weighted by atomic mass is 10.2. The molecule has 8 heavy (non-hydrogen) atoms. The summed E-state index contributed by atoms with van der Waals surface area (Å²) in [4.78, 5) is 0. The molecule has 0 spiro atoms. The Bertz CT molecular complexity index is 129. The normalized spacial score (nSPS) is 19.8. The van der Waals surface area contributed by atoms with Crippen molar-refractivity contribution in [2.45, 2.75) is 6.42 Å². The van der Waals surface area contributed by atoms with Gasteiger partial charge in [0.25, 0.3) is 0 Å². The second kappa shape index (κ2) is 2.44. The van der Waals surface area contributed by atoms with E-state index in [1.54, 1.807) is 6.08 Å². The Morgan fingerprint density at radius 3 is 2.62 bits per heavy atom. The van der Waals surface area contributed by atoms with Gasteiger partial charge in [-0.3, -0.25) is 0 Å². The van der Waals surface area contributed by atoms with E-state index in [4.69, 9.17) is 0 Å². The van der Waals surface area contributed by atoms with Crippen molar-refractivity contribution in [1.82, 2.24) is 0 Å². The Morgan fingerprint density at radius 1 is 1.50 bits per heavy atom. The highest BCUT2D eigenvalue weighted by Crippen LogP contribution is 2.21. The maximum absolute atomic E-state index is 12.1. The third-order valence-electron chi connectivity index (χ3n) is 0.915. The molecule has 1 rings (SSSR count). The first-order valence-electron chi connectivity index (χ1n) is 2.34. The van der Waals surface area contributed by atoms with E-state index in [2.05, 4.69) is 15.9 Å². The third kappa shape index (κ3) is 1.44. The van der Waals surface area contributed by atoms with Crippen LogP contribution in [0.5, 0.6) is 0 Å². The molecule has 0 unspecified atom stereocenters. The van der Waals surface area contributed by atoms with Crippen molar-refractivity contribution in [1.29, 1.82) is 0 Å². The molecule has 0 fully saturated rings. The van der Waals surface area contributed by atoms with Crippen LogP contribution in [0.25, 0.3) is 0 Å². The lowest BCUT2D eigenvalue weighted by Crippen LogP contribution is -1.83. The Hall–Kier alpha value is -0.110. The summed E-state index contributed by atoms with van der Waals surface area (Å²) in [5.41, 5.74) is 0. The Labute approximate surface area is 56.2 Å². The summed E-state index contributed by atoms with van der Waals surface area (Å²) in [6.45, 7) is 0. The van der Waals surface area contributed by atoms with E-state index in [1.165, 1.54) is 12.5 Å². The van der Waals surface area contributed by atoms with Crippen molar-refractivity contribution in [2.75, 3.05) is 0 Å². The molecule has 0 atom stereocenters. The summed E-state index contributed by atoms with van der Waals surface area (Å²) in [6.07, 6.45) is 5.37. The quantitative estimate of drug-likeness (QED) is 0.532. The second-order valence-corrected chi connectivity index (χ2v) is 2.59. The van der Waals surface area contributed by atoms with E-state index in [9.17, 15) is 4.39 Å². The molecule has 1 radical (unpaired) electrons. The summed E-state index contributed by atoms with van der Waals surface area (Å²) >= 11 is 3.23. The largest absolute Gasteiger partial charge is 0.211 e. The first-order valence-corrected chi connectivity index (χ1v) is 3.13. The average Bonchev–Trinajstić information content (AvgIpc) is 1.77. The molecular formula is C6H5BrF. The fourth-order valence-electron chi connectivity index (χ4n) is 0.501. The van der Waals surface area contributed by atoms with Gasteiger partial charge in [-0.1, -0.05) is 15.9 Å². The topological polar surface area (TPSA) is 0 Å². The van der Waals surface area contributed by atoms with Crippen molar-refractivity contribution in [3.8, 4) is 0 Å². The molecule has 0 N–H and O–H groups in total. The molecule has 0 heterocycles. The van der Waals surface area contributed by atoms with E-state index >= 15 is 0 Å². The summed E-state index contributed by atoms with van der Waals surface area (Å²) in [5, 5.41) is 0. The lowest BCUT2D eigenvalue weighted by Gasteiger charge is -2.00. The zero-order chi connectivity index (χ0) is 5.98. The van der Waals surface area contributed by atoms with Gasteiger partial charge in [-0.2, -0.15) is 0 Å². The van der Waals surface area contributed by atoms with Crippen LogP contribution in [0, 0.1) is 6.42 Å². The van der Waals surface area contributed by atoms with E-state index in [1.807, 2.05) is 0 Å². The van der Waals surface area contributed by atoms with E-state index in [-0.39, 0.29) is 5.83 Å². The standard InChI is InChI=1S/C6H5BrF/c7-5-1-3-6(8)4-2-5/h1,3-4H,2H2. The first kappa shape index (κ1) is 6.02. The molecular weight excluding hydrogens is 171 g/mol. The number of allylic oxidation sites excluding steroid dienone is 4. The zero-order valence-corrected chi connectivity index (χ0v) is 5.78. The number of halogens is 2. The maximum Gasteiger partial charge on any atom is 0.104 e. The lowest BCUT2D eigenvalue weighted by molar-refractivity contribution is 0.640. The summed E-state index contributed by atoms with van der Waals surface area (Å²) in [5.74, 6) is -0.145. The minimum absolute atomic E-state index is 0.145. The third-order valence-corrected chi connectivity index (χ3v) is 1.50. The molecule has 2 heteroatoms. The molecule has 0 amide bonds. The van der Waals surface area contributed by atoms with Crippen molar-refractivity contribution < 1.29 is 4.39 Å². The fourth-order valence-corrected chi connectivity index (χ4v) is 0.795. The van der Waals surface area contributed by atoms with Crippen LogP contribution < -0.4 is 0 Å². The average molecular weight is 176 g/mol. The summed E-state index contributed by atoms with van der Waals surface area (Å²) < 4.78 is 13.1. The molecule has 0 saturated heterocycles. The molecule has 0 bridgehead atoms. The van der Waals surface area contributed by atoms with Crippen LogP contribution in [0.2, 0.25) is 0 Å². The molecule has 0 aromatic carbocycles. The van der Waals surface area contributed by atoms with Crippen molar-refractivity contribution in [3.05, 3.63) is 28.9 Å². The molecule has 0 aromatic rings. The number of hydrogen-bond acceptors (Lipinski definition) is 0. The molecule has 1 aliphatic rings. The SMILES string of the molecule is FC1=CC=C(Br)C[CH]1. The van der Waals surface area contributed by atoms with Crippen molar-refractivity contribution in [3.63, 3.8) is 0 Å². The molecule has 43 valence electrons. The minimum atomic E-state index is -0.145. The van der Waals surface area contributed by atoms with Gasteiger partial charge in [0, 0.05) is 6.42 Å². The van der Waals surface area contributed by atoms with Crippen LogP contribution in [0.3, 0.4) is 0 Å². The van der Waals surface area contributed by atoms with Crippen LogP contribution in [0.15, 0.2) is 22.5 Å². The van der Waals surface area contributed by atoms with Gasteiger partial charge in [-0.15, -0.1) is 0 Å². The highest BCUT2D eigenvalue weighted by Gasteiger charge is 2.01. The first-order chi connectivity index (χ1) is 3.79. The van der Waals surface area contributed by atoms with Crippen LogP contribution in [0.4, 0.5) is 4.39 Å². The van der Waals surface area contributed by atoms with Gasteiger partial charge in [0.2, 0.25) is 0 Å². The summed E-state index contributed by atoms with van der Waals surface area (Å²) in [6, 6.07) is 0. The maximum atomic E-state index is 12.1. The van der Waals surface area contributed by atoms with Gasteiger partial charge in [-0.05, 0) is 23.1 Å². The van der Waals surface area contributed by atoms with Crippen molar-refractivity contribution in [2.24, 2.45) is 0 Å². The predicted octanol–water partition coefficient (Wildman–Crippen LogP) is 2.73. The molecule has 0 saturated carbocycles. The van der Waals surface area contributed by atoms with Crippen molar-refractivity contribution >= 4 is 15.9 Å². The Balaban J connectivity index is 2.65. The summed E-state index contributed by atoms with van der Waals surface area (Å²) in [7, 11) is 0. The highest BCUT2D eigenvalue weighted by molar-refractivity contribution is 9.11. The monoisotopic (exact) mass is 175 g/mol. The smallest absolute Gasteiger partial charge is 0.104 e. The molecule has 1 aliphatic carbocycles. The van der Waals surface area contributed by atoms with Gasteiger partial charge in [-0.25, -0.2) is 4.39 Å². The Morgan fingerprint density at radius 2 is 2.25 bits per heavy atom. The number of rotatable bonds is 0. The van der Waals surface area contributed by atoms with Gasteiger partial charge in [0.05, 0.1) is 0 Å². The van der Waals surface area contributed by atoms with Gasteiger partial charge < -0.3 is 0 Å². The molecule has 0 aliphatic heterocycles. The predicted molar refractivity (Wildman–Crippen MR) is 35.1 cm³/mol. The highest BCUT2D eigenvalue weighted by atomic mass is 79.9. The van der Waals surface area contributed by atoms with Crippen LogP contribution in [-0.4, -0.2) is 0 Å². The second-order valence-electron chi connectivity index (χ2n) is 1.57. The molecule has 0 aromatic heterocycles. The van der Waals surface area contributed by atoms with Gasteiger partial charge >= 0.3 is 0 Å². The Kier molecular flexibility index (Phi) is 1.84. The zero-order valence-electron chi connectivity index (χ0n) is 4.20. The van der Waals surface area contributed by atoms with Crippen LogP contribution >= 0.6 is 15.9 Å². The van der Waals surface area contributed by atoms with Crippen LogP contribution in [0.1, 0.15) is 6.42 Å². The fraction of sp³-hybridized carbons (Fsp3) is 0.167. The van der Waals surface area contributed by atoms with Gasteiger partial charge in [0.1, 0.15) is 5.83 Å². The molecule has 0 nitrogen and oxygen atoms in total. The van der Waals surface area contributed by atoms with Gasteiger partial charge in [0.15, 0.2) is 0 Å². The van der Waals surface area contributed by atoms with Crippen LogP contribution in [-0.2, 0) is 0 Å². The number of hydrogen-bond donors (Lipinski definition) is 0.